The van der Waals surface area contributed by atoms with Gasteiger partial charge >= 0.3 is 5.69 Å². The predicted octanol–water partition coefficient (Wildman–Crippen LogP) is 3.41. The van der Waals surface area contributed by atoms with Gasteiger partial charge in [-0.25, -0.2) is 0 Å². The lowest BCUT2D eigenvalue weighted by Gasteiger charge is -2.15. The molecule has 0 aliphatic rings. The number of ketones is 1. The van der Waals surface area contributed by atoms with Gasteiger partial charge in [-0.05, 0) is 31.6 Å². The highest BCUT2D eigenvalue weighted by Gasteiger charge is 2.24. The van der Waals surface area contributed by atoms with Crippen LogP contribution in [0.1, 0.15) is 27.3 Å². The van der Waals surface area contributed by atoms with Gasteiger partial charge in [0.25, 0.3) is 11.3 Å². The molecular formula is C19H16N2O3. The first-order valence-corrected chi connectivity index (χ1v) is 7.52. The van der Waals surface area contributed by atoms with E-state index in [1.165, 1.54) is 19.1 Å². The van der Waals surface area contributed by atoms with Crippen LogP contribution >= 0.6 is 0 Å². The van der Waals surface area contributed by atoms with Crippen molar-refractivity contribution in [1.82, 2.24) is 4.73 Å². The van der Waals surface area contributed by atoms with Crippen LogP contribution in [0.4, 0.5) is 0 Å². The third kappa shape index (κ3) is 2.72. The number of hydrogen-bond acceptors (Lipinski definition) is 3. The Morgan fingerprint density at radius 1 is 1.08 bits per heavy atom. The van der Waals surface area contributed by atoms with Gasteiger partial charge < -0.3 is 9.94 Å². The number of rotatable bonds is 3. The first kappa shape index (κ1) is 15.7. The van der Waals surface area contributed by atoms with Crippen LogP contribution in [-0.2, 0) is 0 Å². The Kier molecular flexibility index (Phi) is 4.00. The van der Waals surface area contributed by atoms with Crippen LogP contribution in [-0.4, -0.2) is 10.5 Å². The fourth-order valence-electron chi connectivity index (χ4n) is 2.56. The number of hydrogen-bond donors (Lipinski definition) is 0. The van der Waals surface area contributed by atoms with Crippen molar-refractivity contribution in [1.29, 1.82) is 0 Å². The summed E-state index contributed by atoms with van der Waals surface area (Å²) in [7, 11) is 0. The molecular weight excluding hydrogens is 304 g/mol. The smallest absolute Gasteiger partial charge is 0.329 e. The first-order chi connectivity index (χ1) is 11.5. The molecule has 1 aromatic heterocycles. The molecule has 0 aliphatic heterocycles. The highest BCUT2D eigenvalue weighted by molar-refractivity contribution is 6.05. The summed E-state index contributed by atoms with van der Waals surface area (Å²) in [5.74, 6) is -0.501. The number of aromatic nitrogens is 2. The molecule has 0 amide bonds. The average Bonchev–Trinajstić information content (AvgIpc) is 2.59. The highest BCUT2D eigenvalue weighted by atomic mass is 16.5. The monoisotopic (exact) mass is 320 g/mol. The number of carbonyl (C=O) groups is 1. The standard InChI is InChI=1S/C19H16N2O3/c1-13-7-9-15(10-8-13)11-12-18(22)19-14(2)20(23)16-5-3-4-6-17(16)21(19)24/h3-12H,1-2H3. The number of aryl methyl sites for hydroxylation is 1. The summed E-state index contributed by atoms with van der Waals surface area (Å²) in [5, 5.41) is 12.3. The lowest BCUT2D eigenvalue weighted by atomic mass is 10.1. The Hall–Kier alpha value is -3.21. The maximum atomic E-state index is 12.5. The van der Waals surface area contributed by atoms with E-state index in [4.69, 9.17) is 0 Å². The molecule has 0 atom stereocenters. The third-order valence-corrected chi connectivity index (χ3v) is 3.91. The Morgan fingerprint density at radius 3 is 2.46 bits per heavy atom. The summed E-state index contributed by atoms with van der Waals surface area (Å²) in [6.07, 6.45) is 2.95. The Bertz CT molecular complexity index is 1020. The summed E-state index contributed by atoms with van der Waals surface area (Å²) in [5.41, 5.74) is 2.30. The zero-order chi connectivity index (χ0) is 17.3. The van der Waals surface area contributed by atoms with E-state index in [0.717, 1.165) is 11.1 Å². The molecule has 0 saturated carbocycles. The molecule has 2 aromatic carbocycles. The van der Waals surface area contributed by atoms with Gasteiger partial charge in [0, 0.05) is 11.0 Å². The highest BCUT2D eigenvalue weighted by Crippen LogP contribution is 2.14. The molecule has 3 aromatic rings. The molecule has 1 heterocycles. The lowest BCUT2D eigenvalue weighted by Crippen LogP contribution is -2.29. The molecule has 5 nitrogen and oxygen atoms in total. The first-order valence-electron chi connectivity index (χ1n) is 7.52. The minimum atomic E-state index is -0.501. The summed E-state index contributed by atoms with van der Waals surface area (Å²) in [6, 6.07) is 14.0. The van der Waals surface area contributed by atoms with Crippen molar-refractivity contribution in [2.24, 2.45) is 0 Å². The minimum Gasteiger partial charge on any atom is -0.805 e. The van der Waals surface area contributed by atoms with Crippen molar-refractivity contribution >= 4 is 22.9 Å². The van der Waals surface area contributed by atoms with E-state index in [-0.39, 0.29) is 22.4 Å². The second-order valence-electron chi connectivity index (χ2n) is 5.62. The minimum absolute atomic E-state index is 0.0854. The summed E-state index contributed by atoms with van der Waals surface area (Å²) < 4.78 is 1.15. The molecule has 0 fully saturated rings. The number of nitrogens with zero attached hydrogens (tertiary/aromatic N) is 2. The lowest BCUT2D eigenvalue weighted by molar-refractivity contribution is -0.468. The molecule has 0 radical (unpaired) electrons. The van der Waals surface area contributed by atoms with E-state index in [1.54, 1.807) is 24.3 Å². The van der Waals surface area contributed by atoms with E-state index in [0.29, 0.717) is 9.16 Å². The van der Waals surface area contributed by atoms with Crippen LogP contribution in [0.5, 0.6) is 0 Å². The van der Waals surface area contributed by atoms with Crippen LogP contribution in [0, 0.1) is 24.0 Å². The quantitative estimate of drug-likeness (QED) is 0.422. The van der Waals surface area contributed by atoms with Crippen molar-refractivity contribution in [3.05, 3.63) is 87.2 Å². The molecule has 0 bridgehead atoms. The number of fused-ring (bicyclic) bond motifs is 1. The fraction of sp³-hybridized carbons (Fsp3) is 0.105. The van der Waals surface area contributed by atoms with E-state index >= 15 is 0 Å². The topological polar surface area (TPSA) is 68.0 Å². The zero-order valence-electron chi connectivity index (χ0n) is 13.4. The number of para-hydroxylation sites is 2. The van der Waals surface area contributed by atoms with Gasteiger partial charge in [0.1, 0.15) is 5.52 Å². The molecule has 3 rings (SSSR count). The van der Waals surface area contributed by atoms with Crippen molar-refractivity contribution in [2.45, 2.75) is 13.8 Å². The SMILES string of the molecule is Cc1ccc(C=CC(=O)c2c(C)n([O-])c3ccccc3[n+]2=O)cc1. The van der Waals surface area contributed by atoms with Gasteiger partial charge in [-0.2, -0.15) is 0 Å². The van der Waals surface area contributed by atoms with Gasteiger partial charge in [0.2, 0.25) is 0 Å². The van der Waals surface area contributed by atoms with Crippen LogP contribution in [0.3, 0.4) is 0 Å². The van der Waals surface area contributed by atoms with Crippen LogP contribution in [0.25, 0.3) is 17.1 Å². The predicted molar refractivity (Wildman–Crippen MR) is 93.4 cm³/mol. The van der Waals surface area contributed by atoms with E-state index < -0.39 is 5.78 Å². The third-order valence-electron chi connectivity index (χ3n) is 3.91. The van der Waals surface area contributed by atoms with Gasteiger partial charge in [-0.15, -0.1) is 0 Å². The van der Waals surface area contributed by atoms with Crippen LogP contribution in [0.15, 0.2) is 54.6 Å². The molecule has 0 aliphatic carbocycles. The molecule has 0 saturated heterocycles. The maximum absolute atomic E-state index is 12.5. The van der Waals surface area contributed by atoms with E-state index in [9.17, 15) is 14.9 Å². The number of allylic oxidation sites excluding steroid dienone is 1. The molecule has 0 unspecified atom stereocenters. The molecule has 120 valence electrons. The molecule has 24 heavy (non-hydrogen) atoms. The van der Waals surface area contributed by atoms with Crippen molar-refractivity contribution < 1.29 is 9.22 Å². The molecule has 0 spiro atoms. The Balaban J connectivity index is 2.07. The second kappa shape index (κ2) is 6.12. The second-order valence-corrected chi connectivity index (χ2v) is 5.62. The molecule has 0 N–H and O–H groups in total. The normalized spacial score (nSPS) is 11.2. The number of carbonyl (C=O) groups excluding carboxylic acids is 1. The van der Waals surface area contributed by atoms with Crippen molar-refractivity contribution in [2.75, 3.05) is 0 Å². The maximum Gasteiger partial charge on any atom is 0.329 e. The van der Waals surface area contributed by atoms with Gasteiger partial charge in [0.05, 0.1) is 10.1 Å². The summed E-state index contributed by atoms with van der Waals surface area (Å²) >= 11 is 0. The summed E-state index contributed by atoms with van der Waals surface area (Å²) in [6.45, 7) is 3.45. The van der Waals surface area contributed by atoms with Crippen molar-refractivity contribution in [3.8, 4) is 0 Å². The largest absolute Gasteiger partial charge is 0.805 e. The van der Waals surface area contributed by atoms with Crippen LogP contribution < -0.4 is 4.43 Å². The summed E-state index contributed by atoms with van der Waals surface area (Å²) in [4.78, 5) is 25.0. The average molecular weight is 320 g/mol. The number of benzene rings is 2. The zero-order valence-corrected chi connectivity index (χ0v) is 13.4. The van der Waals surface area contributed by atoms with Gasteiger partial charge in [0.15, 0.2) is 0 Å². The van der Waals surface area contributed by atoms with Gasteiger partial charge in [-0.1, -0.05) is 48.0 Å². The Labute approximate surface area is 138 Å². The molecule has 5 heteroatoms. The van der Waals surface area contributed by atoms with Gasteiger partial charge in [-0.3, -0.25) is 4.79 Å². The van der Waals surface area contributed by atoms with Crippen molar-refractivity contribution in [3.63, 3.8) is 0 Å². The van der Waals surface area contributed by atoms with E-state index in [1.807, 2.05) is 31.2 Å². The van der Waals surface area contributed by atoms with Crippen LogP contribution in [0.2, 0.25) is 0 Å². The fourth-order valence-corrected chi connectivity index (χ4v) is 2.56. The van der Waals surface area contributed by atoms with E-state index in [2.05, 4.69) is 0 Å². The Morgan fingerprint density at radius 2 is 1.75 bits per heavy atom.